The number of carbonyl (C=O) groups is 1. The highest BCUT2D eigenvalue weighted by atomic mass is 35.5. The van der Waals surface area contributed by atoms with Gasteiger partial charge in [-0.2, -0.15) is 0 Å². The van der Waals surface area contributed by atoms with Gasteiger partial charge in [-0.1, -0.05) is 18.5 Å². The Hall–Kier alpha value is -2.08. The Balaban J connectivity index is 2.21. The van der Waals surface area contributed by atoms with Gasteiger partial charge in [-0.15, -0.1) is 10.2 Å². The number of aromatic nitrogens is 2. The third-order valence-electron chi connectivity index (χ3n) is 2.55. The fraction of sp³-hybridized carbons (Fsp3) is 0.308. The summed E-state index contributed by atoms with van der Waals surface area (Å²) in [5.41, 5.74) is 0.296. The Morgan fingerprint density at radius 1 is 1.35 bits per heavy atom. The number of aryl methyl sites for hydroxylation is 1. The standard InChI is InChI=1S/C13H13ClN2O4/c1-3-11-15-16-12(20-11)7-19-13-8(6-17)4-9(14)5-10(13)18-2/h4-6H,3,7H2,1-2H3. The largest absolute Gasteiger partial charge is 0.493 e. The van der Waals surface area contributed by atoms with Crippen LogP contribution in [0.3, 0.4) is 0 Å². The van der Waals surface area contributed by atoms with E-state index >= 15 is 0 Å². The molecule has 106 valence electrons. The zero-order valence-corrected chi connectivity index (χ0v) is 11.8. The molecule has 1 aromatic heterocycles. The van der Waals surface area contributed by atoms with Crippen LogP contribution in [0.25, 0.3) is 0 Å². The van der Waals surface area contributed by atoms with E-state index in [0.717, 1.165) is 0 Å². The van der Waals surface area contributed by atoms with Crippen LogP contribution in [0.4, 0.5) is 0 Å². The first kappa shape index (κ1) is 14.3. The maximum Gasteiger partial charge on any atom is 0.253 e. The molecule has 1 heterocycles. The lowest BCUT2D eigenvalue weighted by atomic mass is 10.2. The summed E-state index contributed by atoms with van der Waals surface area (Å²) in [5, 5.41) is 8.05. The number of halogens is 1. The topological polar surface area (TPSA) is 74.5 Å². The highest BCUT2D eigenvalue weighted by Crippen LogP contribution is 2.34. The average Bonchev–Trinajstić information content (AvgIpc) is 2.92. The summed E-state index contributed by atoms with van der Waals surface area (Å²) in [5.74, 6) is 1.52. The van der Waals surface area contributed by atoms with Gasteiger partial charge in [0.1, 0.15) is 0 Å². The summed E-state index contributed by atoms with van der Waals surface area (Å²) in [4.78, 5) is 11.1. The molecule has 0 aliphatic rings. The number of methoxy groups -OCH3 is 1. The van der Waals surface area contributed by atoms with E-state index < -0.39 is 0 Å². The van der Waals surface area contributed by atoms with Crippen molar-refractivity contribution in [1.82, 2.24) is 10.2 Å². The molecule has 0 fully saturated rings. The van der Waals surface area contributed by atoms with Crippen molar-refractivity contribution in [2.45, 2.75) is 20.0 Å². The van der Waals surface area contributed by atoms with Gasteiger partial charge in [0.25, 0.3) is 5.89 Å². The Morgan fingerprint density at radius 3 is 2.70 bits per heavy atom. The molecule has 0 aliphatic heterocycles. The van der Waals surface area contributed by atoms with Crippen molar-refractivity contribution in [2.75, 3.05) is 7.11 Å². The minimum absolute atomic E-state index is 0.0475. The summed E-state index contributed by atoms with van der Waals surface area (Å²) in [6.07, 6.45) is 1.30. The Bertz CT molecular complexity index is 612. The molecular formula is C13H13ClN2O4. The van der Waals surface area contributed by atoms with Crippen LogP contribution in [0, 0.1) is 0 Å². The average molecular weight is 297 g/mol. The second kappa shape index (κ2) is 6.38. The minimum atomic E-state index is 0.0475. The first-order valence-electron chi connectivity index (χ1n) is 5.94. The van der Waals surface area contributed by atoms with E-state index in [2.05, 4.69) is 10.2 Å². The number of hydrogen-bond donors (Lipinski definition) is 0. The molecule has 0 radical (unpaired) electrons. The number of aldehydes is 1. The van der Waals surface area contributed by atoms with E-state index in [9.17, 15) is 4.79 Å². The lowest BCUT2D eigenvalue weighted by Crippen LogP contribution is -2.01. The van der Waals surface area contributed by atoms with Crippen LogP contribution >= 0.6 is 11.6 Å². The molecule has 20 heavy (non-hydrogen) atoms. The van der Waals surface area contributed by atoms with Crippen molar-refractivity contribution in [2.24, 2.45) is 0 Å². The molecule has 0 unspecified atom stereocenters. The number of ether oxygens (including phenoxy) is 2. The van der Waals surface area contributed by atoms with Crippen LogP contribution in [-0.2, 0) is 13.0 Å². The number of carbonyl (C=O) groups excluding carboxylic acids is 1. The van der Waals surface area contributed by atoms with Gasteiger partial charge in [0.05, 0.1) is 12.7 Å². The molecule has 0 aliphatic carbocycles. The van der Waals surface area contributed by atoms with Gasteiger partial charge in [-0.05, 0) is 6.07 Å². The second-order valence-electron chi connectivity index (χ2n) is 3.88. The number of rotatable bonds is 6. The maximum atomic E-state index is 11.1. The van der Waals surface area contributed by atoms with Crippen LogP contribution in [0.5, 0.6) is 11.5 Å². The lowest BCUT2D eigenvalue weighted by molar-refractivity contribution is 0.111. The molecule has 0 saturated carbocycles. The first-order chi connectivity index (χ1) is 9.67. The highest BCUT2D eigenvalue weighted by molar-refractivity contribution is 6.31. The van der Waals surface area contributed by atoms with E-state index in [1.165, 1.54) is 13.2 Å². The van der Waals surface area contributed by atoms with Crippen molar-refractivity contribution >= 4 is 17.9 Å². The molecule has 6 nitrogen and oxygen atoms in total. The molecular weight excluding hydrogens is 284 g/mol. The quantitative estimate of drug-likeness (QED) is 0.763. The fourth-order valence-electron chi connectivity index (χ4n) is 1.61. The molecule has 0 N–H and O–H groups in total. The zero-order valence-electron chi connectivity index (χ0n) is 11.1. The minimum Gasteiger partial charge on any atom is -0.493 e. The summed E-state index contributed by atoms with van der Waals surface area (Å²) >= 11 is 5.88. The zero-order chi connectivity index (χ0) is 14.5. The van der Waals surface area contributed by atoms with E-state index in [1.54, 1.807) is 6.07 Å². The Labute approximate surface area is 120 Å². The molecule has 1 aromatic carbocycles. The lowest BCUT2D eigenvalue weighted by Gasteiger charge is -2.11. The predicted octanol–water partition coefficient (Wildman–Crippen LogP) is 2.69. The van der Waals surface area contributed by atoms with Crippen molar-refractivity contribution in [1.29, 1.82) is 0 Å². The van der Waals surface area contributed by atoms with Gasteiger partial charge in [0.2, 0.25) is 5.89 Å². The van der Waals surface area contributed by atoms with Crippen LogP contribution in [-0.4, -0.2) is 23.6 Å². The third-order valence-corrected chi connectivity index (χ3v) is 2.76. The van der Waals surface area contributed by atoms with Crippen molar-refractivity contribution in [3.05, 3.63) is 34.5 Å². The van der Waals surface area contributed by atoms with Crippen LogP contribution in [0.1, 0.15) is 29.1 Å². The summed E-state index contributed by atoms with van der Waals surface area (Å²) < 4.78 is 16.0. The summed E-state index contributed by atoms with van der Waals surface area (Å²) in [6.45, 7) is 1.96. The van der Waals surface area contributed by atoms with E-state index in [1.807, 2.05) is 6.92 Å². The SMILES string of the molecule is CCc1nnc(COc2c(C=O)cc(Cl)cc2OC)o1. The first-order valence-corrected chi connectivity index (χ1v) is 6.32. The summed E-state index contributed by atoms with van der Waals surface area (Å²) in [7, 11) is 1.47. The highest BCUT2D eigenvalue weighted by Gasteiger charge is 2.14. The number of nitrogens with zero attached hydrogens (tertiary/aromatic N) is 2. The van der Waals surface area contributed by atoms with Gasteiger partial charge < -0.3 is 13.9 Å². The van der Waals surface area contributed by atoms with Crippen molar-refractivity contribution < 1.29 is 18.7 Å². The number of hydrogen-bond acceptors (Lipinski definition) is 6. The molecule has 0 bridgehead atoms. The summed E-state index contributed by atoms with van der Waals surface area (Å²) in [6, 6.07) is 3.06. The third kappa shape index (κ3) is 3.08. The van der Waals surface area contributed by atoms with Gasteiger partial charge in [0, 0.05) is 17.5 Å². The fourth-order valence-corrected chi connectivity index (χ4v) is 1.82. The van der Waals surface area contributed by atoms with E-state index in [4.69, 9.17) is 25.5 Å². The second-order valence-corrected chi connectivity index (χ2v) is 4.31. The Morgan fingerprint density at radius 2 is 2.10 bits per heavy atom. The maximum absolute atomic E-state index is 11.1. The smallest absolute Gasteiger partial charge is 0.253 e. The van der Waals surface area contributed by atoms with Crippen molar-refractivity contribution in [3.8, 4) is 11.5 Å². The molecule has 0 spiro atoms. The predicted molar refractivity (Wildman–Crippen MR) is 71.4 cm³/mol. The molecule has 2 aromatic rings. The van der Waals surface area contributed by atoms with E-state index in [-0.39, 0.29) is 6.61 Å². The molecule has 0 amide bonds. The molecule has 2 rings (SSSR count). The molecule has 0 saturated heterocycles. The monoisotopic (exact) mass is 296 g/mol. The molecule has 0 atom stereocenters. The van der Waals surface area contributed by atoms with Gasteiger partial charge in [-0.3, -0.25) is 4.79 Å². The van der Waals surface area contributed by atoms with Gasteiger partial charge in [0.15, 0.2) is 24.4 Å². The van der Waals surface area contributed by atoms with Gasteiger partial charge >= 0.3 is 0 Å². The Kier molecular flexibility index (Phi) is 4.57. The van der Waals surface area contributed by atoms with Crippen LogP contribution in [0.2, 0.25) is 5.02 Å². The van der Waals surface area contributed by atoms with Crippen molar-refractivity contribution in [3.63, 3.8) is 0 Å². The molecule has 7 heteroatoms. The van der Waals surface area contributed by atoms with Gasteiger partial charge in [-0.25, -0.2) is 0 Å². The normalized spacial score (nSPS) is 10.3. The van der Waals surface area contributed by atoms with Crippen LogP contribution < -0.4 is 9.47 Å². The number of benzene rings is 1. The van der Waals surface area contributed by atoms with Crippen LogP contribution in [0.15, 0.2) is 16.5 Å². The van der Waals surface area contributed by atoms with E-state index in [0.29, 0.717) is 46.6 Å².